The molecule has 16 rings (SSSR count). The molecule has 0 bridgehead atoms. The molecule has 0 aliphatic heterocycles. The molecule has 129 heavy (non-hydrogen) atoms. The average Bonchev–Trinajstić information content (AvgIpc) is 1.62. The molecule has 666 valence electrons. The Morgan fingerprint density at radius 3 is 1.16 bits per heavy atom. The Morgan fingerprint density at radius 1 is 0.434 bits per heavy atom. The molecule has 39 heteroatoms. The van der Waals surface area contributed by atoms with E-state index in [1.54, 1.807) is 91.4 Å². The molecular formula is C90H79Br3Cs2F12N12O10. The maximum Gasteiger partial charge on any atom is 1.00 e. The van der Waals surface area contributed by atoms with Crippen LogP contribution in [0.4, 0.5) is 52.7 Å². The van der Waals surface area contributed by atoms with Gasteiger partial charge in [0.15, 0.2) is 0 Å². The maximum atomic E-state index is 13.1. The van der Waals surface area contributed by atoms with Crippen LogP contribution in [0.15, 0.2) is 247 Å². The van der Waals surface area contributed by atoms with Crippen molar-refractivity contribution in [2.75, 3.05) is 19.8 Å². The zero-order valence-corrected chi connectivity index (χ0v) is 85.4. The van der Waals surface area contributed by atoms with Gasteiger partial charge in [-0.05, 0) is 121 Å². The van der Waals surface area contributed by atoms with Crippen LogP contribution in [-0.4, -0.2) is 123 Å². The molecule has 0 saturated heterocycles. The molecule has 0 atom stereocenters. The van der Waals surface area contributed by atoms with E-state index in [0.717, 1.165) is 78.0 Å². The fraction of sp³-hybridized carbons (Fsp3) is 0.233. The number of H-pyrrole nitrogens is 1. The Bertz CT molecular complexity index is 6880. The van der Waals surface area contributed by atoms with Gasteiger partial charge in [0.05, 0.1) is 105 Å². The zero-order chi connectivity index (χ0) is 91.0. The first kappa shape index (κ1) is 108. The molecule has 8 aromatic carbocycles. The molecule has 0 spiro atoms. The number of aliphatic hydroxyl groups is 3. The predicted molar refractivity (Wildman–Crippen MR) is 472 cm³/mol. The average molecular weight is 2220 g/mol. The molecule has 0 aliphatic rings. The van der Waals surface area contributed by atoms with Crippen LogP contribution in [0.25, 0.3) is 87.2 Å². The largest absolute Gasteiger partial charge is 1.00 e. The number of benzene rings is 8. The van der Waals surface area contributed by atoms with Gasteiger partial charge in [-0.15, -0.1) is 12.3 Å². The Morgan fingerprint density at radius 2 is 0.760 bits per heavy atom. The van der Waals surface area contributed by atoms with Gasteiger partial charge < -0.3 is 31.9 Å². The predicted octanol–water partition coefficient (Wildman–Crippen LogP) is 11.7. The molecule has 16 aromatic rings. The summed E-state index contributed by atoms with van der Waals surface area (Å²) in [5, 5.41) is 43.2. The number of hydrogen-bond acceptors (Lipinski definition) is 14. The van der Waals surface area contributed by atoms with E-state index in [4.69, 9.17) is 31.8 Å². The van der Waals surface area contributed by atoms with Gasteiger partial charge in [-0.25, -0.2) is 19.2 Å². The molecule has 8 heterocycles. The summed E-state index contributed by atoms with van der Waals surface area (Å²) in [6, 6.07) is 56.6. The van der Waals surface area contributed by atoms with Gasteiger partial charge >= 0.3 is 185 Å². The van der Waals surface area contributed by atoms with Gasteiger partial charge in [0, 0.05) is 85.4 Å². The monoisotopic (exact) mass is 2220 g/mol. The van der Waals surface area contributed by atoms with E-state index in [9.17, 15) is 71.9 Å². The second-order valence-corrected chi connectivity index (χ2v) is 29.6. The van der Waals surface area contributed by atoms with Crippen molar-refractivity contribution >= 4 is 141 Å². The number of aromatic amines is 1. The number of hydrogen-bond donors (Lipinski definition) is 4. The molecule has 4 N–H and O–H groups in total. The first-order valence-electron chi connectivity index (χ1n) is 38.0. The van der Waals surface area contributed by atoms with Crippen LogP contribution in [0.3, 0.4) is 0 Å². The van der Waals surface area contributed by atoms with Crippen LogP contribution < -0.4 is 166 Å². The number of terminal acetylenes is 1. The molecule has 0 saturated carbocycles. The second-order valence-electron chi connectivity index (χ2n) is 27.4. The van der Waals surface area contributed by atoms with Gasteiger partial charge in [0.1, 0.15) is 26.2 Å². The minimum Gasteiger partial charge on any atom is -1.00 e. The number of nitrogens with zero attached hydrogens (tertiary/aromatic N) is 11. The van der Waals surface area contributed by atoms with Gasteiger partial charge in [0.25, 0.3) is 6.47 Å². The zero-order valence-electron chi connectivity index (χ0n) is 69.0. The number of rotatable bonds is 18. The smallest absolute Gasteiger partial charge is 1.00 e. The summed E-state index contributed by atoms with van der Waals surface area (Å²) in [6.45, 7) is -5.28. The van der Waals surface area contributed by atoms with Crippen molar-refractivity contribution in [2.45, 2.75) is 115 Å². The van der Waals surface area contributed by atoms with Gasteiger partial charge in [-0.1, -0.05) is 181 Å². The number of carbonyl (C=O) groups is 1. The first-order valence-corrected chi connectivity index (χ1v) is 40.7. The van der Waals surface area contributed by atoms with E-state index >= 15 is 0 Å². The van der Waals surface area contributed by atoms with E-state index in [1.807, 2.05) is 91.1 Å². The SMILES string of the molecule is BrCc1ncc2ccccc2c1Br.C.C#CCCO.O=CO[O-].O=c1[nH]c2ccccc2n1CC(F)(F)F.O=c1n(Cc2ncc3ccccc3c2Br)c2ccccc2n1CC(F)(F)F.O=c1n(Cc2ncc3ccccc3c2C#CCCO)c2ccccc2n1CC(F)(F)F.O=c1n(Cc2ncc3ccccc3c2CCCCO)c2ccccc2n1CC(F)(F)F.[Cs+].[Cs+].[H-]. The van der Waals surface area contributed by atoms with Gasteiger partial charge in [-0.2, -0.15) is 52.7 Å². The summed E-state index contributed by atoms with van der Waals surface area (Å²) in [6.07, 6.45) is -3.45. The number of alkyl halides is 13. The third-order valence-electron chi connectivity index (χ3n) is 18.9. The van der Waals surface area contributed by atoms with Crippen molar-refractivity contribution in [3.8, 4) is 24.2 Å². The number of carbonyl (C=O) groups excluding carboxylic acids is 1. The number of aliphatic hydroxyl groups excluding tert-OH is 3. The Labute approximate surface area is 872 Å². The Kier molecular flexibility index (Phi) is 42.1. The standard InChI is InChI=1S/C23H22F3N3O2.C23H18F3N3O2.C19H13BrF3N3O.C10H7Br2N.C9H7F3N2O.C4H6O.CH2O3.CH4.2Cs.H/c2*24-23(25,26)15-29-21-11-4-3-10-20(21)28(22(29)31)14-19-18(9-5-6-12-30)17-8-2-1-7-16(17)13-27-19;20-17-13-6-2-1-5-12(13)9-24-14(17)10-25-15-7-3-4-8-16(15)26(18(25)27)11-19(21,22)23;11-5-9-10(12)8-4-2-1-3-7(8)6-13-9;10-9(11,12)5-14-7-4-2-1-3-6(7)13-8(14)15;1-2-3-4-5;2-1-4-3;;;;/h1-4,7-8,10-11,13,30H,5-6,9,12,14-15H2;1-4,7-8,10-11,13,30H,6,12,14-15H2;1-9H,10-11H2;1-4,6H,5H2;1-4H,5H2,(H,13,15);1,5H,3-4H2;1,3H;1H4;;;/q;;;;;;;;2*+1;-1/p-1. The maximum absolute atomic E-state index is 13.1. The molecule has 0 radical (unpaired) electrons. The second kappa shape index (κ2) is 50.5. The summed E-state index contributed by atoms with van der Waals surface area (Å²) < 4.78 is 162. The van der Waals surface area contributed by atoms with Gasteiger partial charge in [-0.3, -0.25) is 56.7 Å². The number of aryl methyl sites for hydroxylation is 1. The van der Waals surface area contributed by atoms with Crippen LogP contribution in [0.2, 0.25) is 0 Å². The molecular weight excluding hydrogens is 2140 g/mol. The van der Waals surface area contributed by atoms with Crippen LogP contribution in [-0.2, 0) is 67.2 Å². The van der Waals surface area contributed by atoms with E-state index in [2.05, 4.69) is 107 Å². The Balaban J connectivity index is 0.000000249. The van der Waals surface area contributed by atoms with Crippen molar-refractivity contribution in [1.29, 1.82) is 0 Å². The number of imidazole rings is 4. The van der Waals surface area contributed by atoms with E-state index < -0.39 is 73.6 Å². The quantitative estimate of drug-likeness (QED) is 0.0118. The fourth-order valence-electron chi connectivity index (χ4n) is 13.5. The van der Waals surface area contributed by atoms with Crippen LogP contribution in [0.5, 0.6) is 0 Å². The topological polar surface area (TPSA) is 280 Å². The number of nitrogens with one attached hydrogen (secondary N) is 1. The molecule has 0 unspecified atom stereocenters. The van der Waals surface area contributed by atoms with Crippen molar-refractivity contribution in [1.82, 2.24) is 56.9 Å². The van der Waals surface area contributed by atoms with Crippen molar-refractivity contribution < 1.29 is 222 Å². The van der Waals surface area contributed by atoms with Crippen molar-refractivity contribution in [3.63, 3.8) is 0 Å². The molecule has 0 aliphatic carbocycles. The minimum atomic E-state index is -4.53. The number of halogens is 15. The van der Waals surface area contributed by atoms with E-state index in [-0.39, 0.29) is 221 Å². The third kappa shape index (κ3) is 29.1. The minimum absolute atomic E-state index is 0. The van der Waals surface area contributed by atoms with Crippen LogP contribution >= 0.6 is 47.8 Å². The number of unbranched alkanes of at least 4 members (excludes halogenated alkanes) is 1. The summed E-state index contributed by atoms with van der Waals surface area (Å²) in [5.41, 5.74) is 3.98. The fourth-order valence-corrected chi connectivity index (χ4v) is 15.5. The molecule has 8 aromatic heterocycles. The number of pyridine rings is 4. The number of aromatic nitrogens is 12. The molecule has 0 fully saturated rings. The van der Waals surface area contributed by atoms with Crippen molar-refractivity contribution in [3.05, 3.63) is 304 Å². The normalized spacial score (nSPS) is 11.1. The Hall–Kier alpha value is -8.39. The summed E-state index contributed by atoms with van der Waals surface area (Å²) >= 11 is 10.5. The van der Waals surface area contributed by atoms with Gasteiger partial charge in [0.2, 0.25) is 0 Å². The third-order valence-corrected chi connectivity index (χ3v) is 21.2. The molecule has 22 nitrogen and oxygen atoms in total. The van der Waals surface area contributed by atoms with Crippen LogP contribution in [0, 0.1) is 24.2 Å². The molecule has 0 amide bonds. The summed E-state index contributed by atoms with van der Waals surface area (Å²) in [4.78, 5) is 81.2. The number of fused-ring (bicyclic) bond motifs is 8. The van der Waals surface area contributed by atoms with E-state index in [0.29, 0.717) is 68.5 Å². The number of para-hydroxylation sites is 8. The first-order chi connectivity index (χ1) is 60.2. The van der Waals surface area contributed by atoms with Crippen LogP contribution in [0.1, 0.15) is 68.4 Å². The summed E-state index contributed by atoms with van der Waals surface area (Å²) in [5.74, 6) is 8.16. The van der Waals surface area contributed by atoms with E-state index in [1.165, 1.54) is 48.7 Å². The summed E-state index contributed by atoms with van der Waals surface area (Å²) in [7, 11) is 0. The van der Waals surface area contributed by atoms with Crippen molar-refractivity contribution in [2.24, 2.45) is 0 Å².